The maximum absolute atomic E-state index is 13.3. The Morgan fingerprint density at radius 3 is 1.83 bits per heavy atom. The van der Waals surface area contributed by atoms with Crippen molar-refractivity contribution in [2.24, 2.45) is 0 Å². The lowest BCUT2D eigenvalue weighted by atomic mass is 9.84. The molecule has 5 rings (SSSR count). The molecule has 3 aromatic carbocycles. The average molecular weight is 525 g/mol. The largest absolute Gasteiger partial charge is 0.507 e. The van der Waals surface area contributed by atoms with Gasteiger partial charge in [0.2, 0.25) is 0 Å². The molecule has 0 amide bonds. The minimum atomic E-state index is -1.29. The van der Waals surface area contributed by atoms with Crippen molar-refractivity contribution in [2.75, 3.05) is 6.61 Å². The van der Waals surface area contributed by atoms with Crippen LogP contribution in [0.1, 0.15) is 29.5 Å². The van der Waals surface area contributed by atoms with E-state index in [1.807, 2.05) is 6.92 Å². The molecule has 0 spiro atoms. The van der Waals surface area contributed by atoms with Gasteiger partial charge in [-0.05, 0) is 61.0 Å². The second-order valence-corrected chi connectivity index (χ2v) is 8.90. The summed E-state index contributed by atoms with van der Waals surface area (Å²) in [6.45, 7) is 2.18. The molecule has 0 unspecified atom stereocenters. The average Bonchev–Trinajstić information content (AvgIpc) is 2.84. The summed E-state index contributed by atoms with van der Waals surface area (Å²) in [5.74, 6) is -1.72. The van der Waals surface area contributed by atoms with Crippen LogP contribution < -0.4 is 16.0 Å². The SMILES string of the molecule is CCOc1cccc(C(c2c(O)c3cc(Cl)ccc3oc2=O)c2c(O)c3cc(Cl)ccc3oc2=O)c1. The van der Waals surface area contributed by atoms with E-state index < -0.39 is 28.7 Å². The van der Waals surface area contributed by atoms with Gasteiger partial charge < -0.3 is 23.8 Å². The molecule has 0 aliphatic carbocycles. The molecule has 5 aromatic rings. The van der Waals surface area contributed by atoms with Gasteiger partial charge in [0.05, 0.1) is 34.4 Å². The lowest BCUT2D eigenvalue weighted by Crippen LogP contribution is -2.21. The number of hydrogen-bond acceptors (Lipinski definition) is 7. The molecule has 0 aliphatic rings. The van der Waals surface area contributed by atoms with Gasteiger partial charge in [-0.1, -0.05) is 35.3 Å². The number of benzene rings is 3. The van der Waals surface area contributed by atoms with Gasteiger partial charge in [0.15, 0.2) is 0 Å². The van der Waals surface area contributed by atoms with E-state index in [9.17, 15) is 19.8 Å². The topological polar surface area (TPSA) is 110 Å². The number of ether oxygens (including phenoxy) is 1. The second kappa shape index (κ2) is 9.26. The molecular weight excluding hydrogens is 507 g/mol. The molecular formula is C27H18Cl2O7. The zero-order valence-electron chi connectivity index (χ0n) is 18.7. The Labute approximate surface area is 213 Å². The van der Waals surface area contributed by atoms with Gasteiger partial charge in [-0.3, -0.25) is 0 Å². The Balaban J connectivity index is 1.90. The van der Waals surface area contributed by atoms with Crippen LogP contribution in [0.4, 0.5) is 0 Å². The van der Waals surface area contributed by atoms with Gasteiger partial charge in [-0.2, -0.15) is 0 Å². The van der Waals surface area contributed by atoms with Gasteiger partial charge in [0, 0.05) is 10.0 Å². The fourth-order valence-electron chi connectivity index (χ4n) is 4.28. The molecule has 2 aromatic heterocycles. The van der Waals surface area contributed by atoms with Crippen LogP contribution >= 0.6 is 23.2 Å². The quantitative estimate of drug-likeness (QED) is 0.263. The van der Waals surface area contributed by atoms with Gasteiger partial charge in [-0.25, -0.2) is 9.59 Å². The summed E-state index contributed by atoms with van der Waals surface area (Å²) in [7, 11) is 0. The van der Waals surface area contributed by atoms with E-state index in [-0.39, 0.29) is 33.1 Å². The first-order chi connectivity index (χ1) is 17.3. The predicted octanol–water partition coefficient (Wildman–Crippen LogP) is 6.20. The zero-order chi connectivity index (χ0) is 25.6. The Kier molecular flexibility index (Phi) is 6.12. The van der Waals surface area contributed by atoms with E-state index in [2.05, 4.69) is 0 Å². The smallest absolute Gasteiger partial charge is 0.344 e. The molecule has 2 heterocycles. The van der Waals surface area contributed by atoms with Crippen molar-refractivity contribution in [3.63, 3.8) is 0 Å². The van der Waals surface area contributed by atoms with Crippen molar-refractivity contribution in [1.82, 2.24) is 0 Å². The highest BCUT2D eigenvalue weighted by Gasteiger charge is 2.33. The summed E-state index contributed by atoms with van der Waals surface area (Å²) in [6.07, 6.45) is 0. The maximum Gasteiger partial charge on any atom is 0.344 e. The standard InChI is InChI=1S/C27H18Cl2O7/c1-2-34-16-5-3-4-13(10-16)21(22-24(30)17-11-14(28)6-8-19(17)35-26(22)32)23-25(31)18-12-15(29)7-9-20(18)36-27(23)33/h3-12,21,30-31H,2H2,1H3. The fraction of sp³-hybridized carbons (Fsp3) is 0.111. The normalized spacial score (nSPS) is 11.4. The number of halogens is 2. The van der Waals surface area contributed by atoms with Gasteiger partial charge >= 0.3 is 11.3 Å². The molecule has 0 atom stereocenters. The van der Waals surface area contributed by atoms with E-state index in [0.717, 1.165) is 0 Å². The van der Waals surface area contributed by atoms with Crippen molar-refractivity contribution in [1.29, 1.82) is 0 Å². The lowest BCUT2D eigenvalue weighted by molar-refractivity contribution is 0.339. The zero-order valence-corrected chi connectivity index (χ0v) is 20.3. The van der Waals surface area contributed by atoms with Gasteiger partial charge in [0.1, 0.15) is 28.4 Å². The summed E-state index contributed by atoms with van der Waals surface area (Å²) < 4.78 is 16.5. The Morgan fingerprint density at radius 1 is 0.806 bits per heavy atom. The van der Waals surface area contributed by atoms with Crippen molar-refractivity contribution in [2.45, 2.75) is 12.8 Å². The molecule has 9 heteroatoms. The molecule has 182 valence electrons. The number of fused-ring (bicyclic) bond motifs is 2. The van der Waals surface area contributed by atoms with Crippen LogP contribution in [0.2, 0.25) is 10.0 Å². The highest BCUT2D eigenvalue weighted by molar-refractivity contribution is 6.31. The summed E-state index contributed by atoms with van der Waals surface area (Å²) in [6, 6.07) is 15.4. The number of aromatic hydroxyl groups is 2. The van der Waals surface area contributed by atoms with Crippen LogP contribution in [0.25, 0.3) is 21.9 Å². The van der Waals surface area contributed by atoms with Crippen molar-refractivity contribution >= 4 is 45.1 Å². The van der Waals surface area contributed by atoms with Crippen molar-refractivity contribution in [3.8, 4) is 17.2 Å². The minimum Gasteiger partial charge on any atom is -0.507 e. The van der Waals surface area contributed by atoms with E-state index in [1.165, 1.54) is 36.4 Å². The fourth-order valence-corrected chi connectivity index (χ4v) is 4.63. The third-order valence-corrected chi connectivity index (χ3v) is 6.30. The molecule has 0 saturated carbocycles. The van der Waals surface area contributed by atoms with E-state index >= 15 is 0 Å². The number of rotatable bonds is 5. The Bertz CT molecular complexity index is 1650. The molecule has 7 nitrogen and oxygen atoms in total. The molecule has 0 radical (unpaired) electrons. The molecule has 0 fully saturated rings. The molecule has 0 aliphatic heterocycles. The summed E-state index contributed by atoms with van der Waals surface area (Å²) in [5.41, 5.74) is -1.78. The van der Waals surface area contributed by atoms with E-state index in [4.69, 9.17) is 36.8 Å². The molecule has 2 N–H and O–H groups in total. The first-order valence-corrected chi connectivity index (χ1v) is 11.7. The van der Waals surface area contributed by atoms with Crippen molar-refractivity contribution in [3.05, 3.63) is 108 Å². The van der Waals surface area contributed by atoms with Crippen molar-refractivity contribution < 1.29 is 23.8 Å². The summed E-state index contributed by atoms with van der Waals surface area (Å²) in [4.78, 5) is 26.5. The second-order valence-electron chi connectivity index (χ2n) is 8.02. The molecule has 36 heavy (non-hydrogen) atoms. The van der Waals surface area contributed by atoms with Crippen LogP contribution in [-0.2, 0) is 0 Å². The maximum atomic E-state index is 13.3. The third-order valence-electron chi connectivity index (χ3n) is 5.83. The monoisotopic (exact) mass is 524 g/mol. The van der Waals surface area contributed by atoms with Crippen LogP contribution in [0.3, 0.4) is 0 Å². The lowest BCUT2D eigenvalue weighted by Gasteiger charge is -2.20. The van der Waals surface area contributed by atoms with Crippen LogP contribution in [0.15, 0.2) is 79.1 Å². The summed E-state index contributed by atoms with van der Waals surface area (Å²) >= 11 is 12.2. The minimum absolute atomic E-state index is 0.106. The third kappa shape index (κ3) is 4.06. The molecule has 0 saturated heterocycles. The number of hydrogen-bond donors (Lipinski definition) is 2. The molecule has 0 bridgehead atoms. The van der Waals surface area contributed by atoms with E-state index in [0.29, 0.717) is 28.0 Å². The van der Waals surface area contributed by atoms with E-state index in [1.54, 1.807) is 24.3 Å². The van der Waals surface area contributed by atoms with Crippen LogP contribution in [0, 0.1) is 0 Å². The van der Waals surface area contributed by atoms with Gasteiger partial charge in [0.25, 0.3) is 0 Å². The Morgan fingerprint density at radius 2 is 1.33 bits per heavy atom. The highest BCUT2D eigenvalue weighted by Crippen LogP contribution is 2.43. The first kappa shape index (κ1) is 23.8. The first-order valence-electron chi connectivity index (χ1n) is 10.9. The van der Waals surface area contributed by atoms with Crippen LogP contribution in [-0.4, -0.2) is 16.8 Å². The van der Waals surface area contributed by atoms with Crippen LogP contribution in [0.5, 0.6) is 17.2 Å². The predicted molar refractivity (Wildman–Crippen MR) is 137 cm³/mol. The highest BCUT2D eigenvalue weighted by atomic mass is 35.5. The summed E-state index contributed by atoms with van der Waals surface area (Å²) in [5, 5.41) is 23.5. The van der Waals surface area contributed by atoms with Gasteiger partial charge in [-0.15, -0.1) is 0 Å². The Hall–Kier alpha value is -3.94.